The first-order valence-electron chi connectivity index (χ1n) is 5.09. The van der Waals surface area contributed by atoms with Crippen LogP contribution in [0.25, 0.3) is 0 Å². The summed E-state index contributed by atoms with van der Waals surface area (Å²) >= 11 is 0. The highest BCUT2D eigenvalue weighted by atomic mass is 16.5. The van der Waals surface area contributed by atoms with Crippen molar-refractivity contribution in [2.75, 3.05) is 13.7 Å². The fourth-order valence-corrected chi connectivity index (χ4v) is 1.20. The standard InChI is InChI=1S/C12H19NO/c1-10-5-4-6-12(9-10)14-8-7-11(2)13-3/h4-6,9,11,13H,7-8H2,1-3H3. The molecule has 0 aliphatic rings. The molecule has 0 saturated carbocycles. The molecule has 0 amide bonds. The van der Waals surface area contributed by atoms with Gasteiger partial charge in [-0.15, -0.1) is 0 Å². The normalized spacial score (nSPS) is 12.5. The monoisotopic (exact) mass is 193 g/mol. The van der Waals surface area contributed by atoms with Crippen LogP contribution in [0, 0.1) is 6.92 Å². The van der Waals surface area contributed by atoms with Gasteiger partial charge in [0.25, 0.3) is 0 Å². The molecule has 1 aromatic rings. The van der Waals surface area contributed by atoms with Gasteiger partial charge in [-0.05, 0) is 45.0 Å². The van der Waals surface area contributed by atoms with E-state index in [1.165, 1.54) is 5.56 Å². The Morgan fingerprint density at radius 2 is 2.21 bits per heavy atom. The van der Waals surface area contributed by atoms with Crippen LogP contribution < -0.4 is 10.1 Å². The fourth-order valence-electron chi connectivity index (χ4n) is 1.20. The van der Waals surface area contributed by atoms with Gasteiger partial charge in [0.15, 0.2) is 0 Å². The van der Waals surface area contributed by atoms with Gasteiger partial charge in [-0.2, -0.15) is 0 Å². The Bertz CT molecular complexity index is 273. The third kappa shape index (κ3) is 3.79. The van der Waals surface area contributed by atoms with Crippen molar-refractivity contribution in [2.45, 2.75) is 26.3 Å². The van der Waals surface area contributed by atoms with Crippen LogP contribution >= 0.6 is 0 Å². The quantitative estimate of drug-likeness (QED) is 0.775. The van der Waals surface area contributed by atoms with Crippen molar-refractivity contribution in [1.29, 1.82) is 0 Å². The Hall–Kier alpha value is -1.02. The number of ether oxygens (including phenoxy) is 1. The first kappa shape index (κ1) is 11.1. The second-order valence-electron chi connectivity index (χ2n) is 3.64. The lowest BCUT2D eigenvalue weighted by Crippen LogP contribution is -2.23. The van der Waals surface area contributed by atoms with E-state index in [0.717, 1.165) is 18.8 Å². The highest BCUT2D eigenvalue weighted by Gasteiger charge is 1.98. The van der Waals surface area contributed by atoms with Crippen molar-refractivity contribution in [3.05, 3.63) is 29.8 Å². The first-order chi connectivity index (χ1) is 6.72. The second-order valence-corrected chi connectivity index (χ2v) is 3.64. The highest BCUT2D eigenvalue weighted by molar-refractivity contribution is 5.27. The van der Waals surface area contributed by atoms with E-state index in [4.69, 9.17) is 4.74 Å². The van der Waals surface area contributed by atoms with Crippen LogP contribution in [-0.2, 0) is 0 Å². The maximum absolute atomic E-state index is 5.62. The van der Waals surface area contributed by atoms with E-state index >= 15 is 0 Å². The minimum absolute atomic E-state index is 0.514. The molecule has 78 valence electrons. The van der Waals surface area contributed by atoms with E-state index in [0.29, 0.717) is 6.04 Å². The molecule has 2 nitrogen and oxygen atoms in total. The van der Waals surface area contributed by atoms with Crippen molar-refractivity contribution in [2.24, 2.45) is 0 Å². The molecule has 0 bridgehead atoms. The lowest BCUT2D eigenvalue weighted by molar-refractivity contribution is 0.293. The molecule has 1 N–H and O–H groups in total. The molecule has 2 heteroatoms. The summed E-state index contributed by atoms with van der Waals surface area (Å²) in [6, 6.07) is 8.66. The number of benzene rings is 1. The minimum Gasteiger partial charge on any atom is -0.494 e. The van der Waals surface area contributed by atoms with Gasteiger partial charge >= 0.3 is 0 Å². The summed E-state index contributed by atoms with van der Waals surface area (Å²) in [5, 5.41) is 3.18. The molecule has 0 saturated heterocycles. The number of hydrogen-bond donors (Lipinski definition) is 1. The zero-order chi connectivity index (χ0) is 10.4. The summed E-state index contributed by atoms with van der Waals surface area (Å²) in [4.78, 5) is 0. The molecule has 0 aromatic heterocycles. The maximum atomic E-state index is 5.62. The van der Waals surface area contributed by atoms with E-state index in [2.05, 4.69) is 31.3 Å². The van der Waals surface area contributed by atoms with Gasteiger partial charge < -0.3 is 10.1 Å². The lowest BCUT2D eigenvalue weighted by atomic mass is 10.2. The molecular formula is C12H19NO. The summed E-state index contributed by atoms with van der Waals surface area (Å²) in [5.41, 5.74) is 1.24. The lowest BCUT2D eigenvalue weighted by Gasteiger charge is -2.11. The first-order valence-corrected chi connectivity index (χ1v) is 5.09. The Morgan fingerprint density at radius 1 is 1.43 bits per heavy atom. The van der Waals surface area contributed by atoms with E-state index in [-0.39, 0.29) is 0 Å². The molecule has 0 aliphatic heterocycles. The molecule has 0 aliphatic carbocycles. The summed E-state index contributed by atoms with van der Waals surface area (Å²) in [6.07, 6.45) is 1.03. The van der Waals surface area contributed by atoms with Gasteiger partial charge in [0.1, 0.15) is 5.75 Å². The molecule has 0 spiro atoms. The molecule has 1 atom stereocenters. The predicted octanol–water partition coefficient (Wildman–Crippen LogP) is 2.37. The summed E-state index contributed by atoms with van der Waals surface area (Å²) in [5.74, 6) is 0.966. The van der Waals surface area contributed by atoms with E-state index in [9.17, 15) is 0 Å². The molecule has 0 heterocycles. The van der Waals surface area contributed by atoms with Crippen LogP contribution in [0.5, 0.6) is 5.75 Å². The van der Waals surface area contributed by atoms with Crippen molar-refractivity contribution >= 4 is 0 Å². The molecule has 0 fully saturated rings. The van der Waals surface area contributed by atoms with Crippen molar-refractivity contribution in [3.63, 3.8) is 0 Å². The fraction of sp³-hybridized carbons (Fsp3) is 0.500. The Balaban J connectivity index is 2.31. The van der Waals surface area contributed by atoms with E-state index in [1.807, 2.05) is 19.2 Å². The van der Waals surface area contributed by atoms with Gasteiger partial charge in [0.2, 0.25) is 0 Å². The van der Waals surface area contributed by atoms with Crippen LogP contribution in [0.15, 0.2) is 24.3 Å². The van der Waals surface area contributed by atoms with Gasteiger partial charge in [-0.1, -0.05) is 12.1 Å². The average Bonchev–Trinajstić information content (AvgIpc) is 2.17. The Kier molecular flexibility index (Phi) is 4.47. The molecule has 14 heavy (non-hydrogen) atoms. The zero-order valence-electron chi connectivity index (χ0n) is 9.21. The molecule has 1 rings (SSSR count). The smallest absolute Gasteiger partial charge is 0.119 e. The predicted molar refractivity (Wildman–Crippen MR) is 59.8 cm³/mol. The van der Waals surface area contributed by atoms with E-state index < -0.39 is 0 Å². The van der Waals surface area contributed by atoms with Gasteiger partial charge in [-0.3, -0.25) is 0 Å². The molecule has 1 unspecified atom stereocenters. The minimum atomic E-state index is 0.514. The zero-order valence-corrected chi connectivity index (χ0v) is 9.21. The van der Waals surface area contributed by atoms with Crippen LogP contribution in [0.4, 0.5) is 0 Å². The molecule has 1 aromatic carbocycles. The van der Waals surface area contributed by atoms with Crippen molar-refractivity contribution in [3.8, 4) is 5.75 Å². The largest absolute Gasteiger partial charge is 0.494 e. The number of rotatable bonds is 5. The third-order valence-electron chi connectivity index (χ3n) is 2.30. The van der Waals surface area contributed by atoms with Crippen LogP contribution in [0.2, 0.25) is 0 Å². The summed E-state index contributed by atoms with van der Waals surface area (Å²) in [7, 11) is 1.97. The molecular weight excluding hydrogens is 174 g/mol. The van der Waals surface area contributed by atoms with Crippen molar-refractivity contribution in [1.82, 2.24) is 5.32 Å². The number of nitrogens with one attached hydrogen (secondary N) is 1. The van der Waals surface area contributed by atoms with Crippen LogP contribution in [-0.4, -0.2) is 19.7 Å². The van der Waals surface area contributed by atoms with Crippen molar-refractivity contribution < 1.29 is 4.74 Å². The SMILES string of the molecule is CNC(C)CCOc1cccc(C)c1. The average molecular weight is 193 g/mol. The van der Waals surface area contributed by atoms with Crippen LogP contribution in [0.3, 0.4) is 0 Å². The Morgan fingerprint density at radius 3 is 2.86 bits per heavy atom. The molecule has 0 radical (unpaired) electrons. The Labute approximate surface area is 86.3 Å². The van der Waals surface area contributed by atoms with Gasteiger partial charge in [0, 0.05) is 6.04 Å². The van der Waals surface area contributed by atoms with Gasteiger partial charge in [0.05, 0.1) is 6.61 Å². The van der Waals surface area contributed by atoms with Crippen LogP contribution in [0.1, 0.15) is 18.9 Å². The second kappa shape index (κ2) is 5.66. The van der Waals surface area contributed by atoms with Gasteiger partial charge in [-0.25, -0.2) is 0 Å². The number of aryl methyl sites for hydroxylation is 1. The maximum Gasteiger partial charge on any atom is 0.119 e. The third-order valence-corrected chi connectivity index (χ3v) is 2.30. The summed E-state index contributed by atoms with van der Waals surface area (Å²) < 4.78 is 5.62. The topological polar surface area (TPSA) is 21.3 Å². The summed E-state index contributed by atoms with van der Waals surface area (Å²) in [6.45, 7) is 4.99. The highest BCUT2D eigenvalue weighted by Crippen LogP contribution is 2.12. The van der Waals surface area contributed by atoms with E-state index in [1.54, 1.807) is 0 Å². The number of hydrogen-bond acceptors (Lipinski definition) is 2.